The van der Waals surface area contributed by atoms with Crippen molar-refractivity contribution >= 4 is 5.97 Å². The second-order valence-electron chi connectivity index (χ2n) is 3.09. The Morgan fingerprint density at radius 3 is 2.33 bits per heavy atom. The molecule has 0 aliphatic heterocycles. The summed E-state index contributed by atoms with van der Waals surface area (Å²) in [4.78, 5) is 11.3. The van der Waals surface area contributed by atoms with Crippen LogP contribution in [0, 0.1) is 5.92 Å². The van der Waals surface area contributed by atoms with Gasteiger partial charge in [0.15, 0.2) is 0 Å². The maximum Gasteiger partial charge on any atom is 0.316 e. The van der Waals surface area contributed by atoms with Crippen molar-refractivity contribution in [3.63, 3.8) is 0 Å². The van der Waals surface area contributed by atoms with Gasteiger partial charge in [-0.25, -0.2) is 0 Å². The van der Waals surface area contributed by atoms with Crippen molar-refractivity contribution in [1.82, 2.24) is 0 Å². The molecule has 0 amide bonds. The third kappa shape index (κ3) is 1.58. The van der Waals surface area contributed by atoms with E-state index in [0.717, 1.165) is 17.6 Å². The first-order chi connectivity index (χ1) is 5.66. The van der Waals surface area contributed by atoms with Gasteiger partial charge < -0.3 is 4.74 Å². The zero-order chi connectivity index (χ0) is 9.14. The van der Waals surface area contributed by atoms with Crippen molar-refractivity contribution in [3.8, 4) is 0 Å². The van der Waals surface area contributed by atoms with Crippen LogP contribution in [-0.2, 0) is 9.53 Å². The van der Waals surface area contributed by atoms with E-state index in [1.165, 1.54) is 7.11 Å². The molecule has 0 bridgehead atoms. The topological polar surface area (TPSA) is 26.3 Å². The molecular weight excluding hydrogens is 152 g/mol. The average molecular weight is 166 g/mol. The van der Waals surface area contributed by atoms with E-state index in [1.807, 2.05) is 13.8 Å². The molecule has 66 valence electrons. The summed E-state index contributed by atoms with van der Waals surface area (Å²) in [5.41, 5.74) is 2.20. The van der Waals surface area contributed by atoms with Crippen LogP contribution >= 0.6 is 0 Å². The number of ether oxygens (including phenoxy) is 1. The molecule has 1 aliphatic rings. The fourth-order valence-corrected chi connectivity index (χ4v) is 1.52. The van der Waals surface area contributed by atoms with Gasteiger partial charge in [-0.3, -0.25) is 4.79 Å². The Kier molecular flexibility index (Phi) is 2.69. The van der Waals surface area contributed by atoms with Crippen molar-refractivity contribution in [2.24, 2.45) is 5.92 Å². The van der Waals surface area contributed by atoms with Gasteiger partial charge in [0.05, 0.1) is 13.0 Å². The van der Waals surface area contributed by atoms with Crippen molar-refractivity contribution in [2.75, 3.05) is 7.11 Å². The third-order valence-corrected chi connectivity index (χ3v) is 2.23. The molecule has 1 rings (SSSR count). The predicted molar refractivity (Wildman–Crippen MR) is 47.6 cm³/mol. The number of carbonyl (C=O) groups excluding carboxylic acids is 1. The minimum atomic E-state index is -0.155. The summed E-state index contributed by atoms with van der Waals surface area (Å²) in [6, 6.07) is 0. The number of allylic oxidation sites excluding steroid dienone is 2. The van der Waals surface area contributed by atoms with E-state index in [1.54, 1.807) is 0 Å². The summed E-state index contributed by atoms with van der Waals surface area (Å²) < 4.78 is 4.71. The van der Waals surface area contributed by atoms with Crippen LogP contribution in [0.15, 0.2) is 23.3 Å². The van der Waals surface area contributed by atoms with Gasteiger partial charge in [0.2, 0.25) is 0 Å². The lowest BCUT2D eigenvalue weighted by Gasteiger charge is -2.19. The molecule has 0 aromatic rings. The predicted octanol–water partition coefficient (Wildman–Crippen LogP) is 2.07. The lowest BCUT2D eigenvalue weighted by Crippen LogP contribution is -2.20. The molecule has 0 N–H and O–H groups in total. The van der Waals surface area contributed by atoms with Gasteiger partial charge in [0.1, 0.15) is 0 Å². The fourth-order valence-electron chi connectivity index (χ4n) is 1.52. The molecule has 0 fully saturated rings. The van der Waals surface area contributed by atoms with Crippen LogP contribution in [0.5, 0.6) is 0 Å². The summed E-state index contributed by atoms with van der Waals surface area (Å²) >= 11 is 0. The van der Waals surface area contributed by atoms with E-state index in [2.05, 4.69) is 12.2 Å². The van der Waals surface area contributed by atoms with E-state index < -0.39 is 0 Å². The Morgan fingerprint density at radius 1 is 1.42 bits per heavy atom. The zero-order valence-corrected chi connectivity index (χ0v) is 7.76. The third-order valence-electron chi connectivity index (χ3n) is 2.23. The van der Waals surface area contributed by atoms with Gasteiger partial charge in [-0.05, 0) is 20.3 Å². The van der Waals surface area contributed by atoms with Crippen LogP contribution in [0.4, 0.5) is 0 Å². The standard InChI is InChI=1S/C10H14O2/c1-7-5-4-6-8(2)9(7)10(11)12-3/h5-6,9H,4H2,1-3H3. The van der Waals surface area contributed by atoms with Crippen LogP contribution in [-0.4, -0.2) is 13.1 Å². The van der Waals surface area contributed by atoms with E-state index in [9.17, 15) is 4.79 Å². The highest BCUT2D eigenvalue weighted by molar-refractivity contribution is 5.79. The second kappa shape index (κ2) is 3.57. The minimum absolute atomic E-state index is 0.135. The molecule has 1 aliphatic carbocycles. The largest absolute Gasteiger partial charge is 0.468 e. The molecule has 0 radical (unpaired) electrons. The highest BCUT2D eigenvalue weighted by atomic mass is 16.5. The van der Waals surface area contributed by atoms with Crippen LogP contribution in [0.3, 0.4) is 0 Å². The lowest BCUT2D eigenvalue weighted by atomic mass is 9.88. The molecule has 0 saturated heterocycles. The highest BCUT2D eigenvalue weighted by Gasteiger charge is 2.23. The number of hydrogen-bond donors (Lipinski definition) is 0. The SMILES string of the molecule is COC(=O)C1C(C)=CCC=C1C. The minimum Gasteiger partial charge on any atom is -0.468 e. The molecule has 0 unspecified atom stereocenters. The maximum absolute atomic E-state index is 11.3. The zero-order valence-electron chi connectivity index (χ0n) is 7.76. The maximum atomic E-state index is 11.3. The fraction of sp³-hybridized carbons (Fsp3) is 0.500. The first kappa shape index (κ1) is 9.04. The molecule has 2 heteroatoms. The van der Waals surface area contributed by atoms with Gasteiger partial charge in [-0.15, -0.1) is 0 Å². The van der Waals surface area contributed by atoms with E-state index >= 15 is 0 Å². The quantitative estimate of drug-likeness (QED) is 0.440. The first-order valence-corrected chi connectivity index (χ1v) is 4.08. The molecule has 2 nitrogen and oxygen atoms in total. The molecule has 12 heavy (non-hydrogen) atoms. The van der Waals surface area contributed by atoms with Crippen molar-refractivity contribution in [3.05, 3.63) is 23.3 Å². The van der Waals surface area contributed by atoms with Crippen molar-refractivity contribution < 1.29 is 9.53 Å². The van der Waals surface area contributed by atoms with Gasteiger partial charge in [-0.2, -0.15) is 0 Å². The summed E-state index contributed by atoms with van der Waals surface area (Å²) in [6.45, 7) is 3.94. The Labute approximate surface area is 72.9 Å². The van der Waals surface area contributed by atoms with Crippen molar-refractivity contribution in [2.45, 2.75) is 20.3 Å². The molecule has 0 aromatic heterocycles. The molecule has 0 heterocycles. The number of carbonyl (C=O) groups is 1. The van der Waals surface area contributed by atoms with Gasteiger partial charge in [0, 0.05) is 0 Å². The van der Waals surface area contributed by atoms with Crippen LogP contribution in [0.25, 0.3) is 0 Å². The Hall–Kier alpha value is -1.05. The van der Waals surface area contributed by atoms with E-state index in [4.69, 9.17) is 4.74 Å². The van der Waals surface area contributed by atoms with E-state index in [0.29, 0.717) is 0 Å². The highest BCUT2D eigenvalue weighted by Crippen LogP contribution is 2.26. The van der Waals surface area contributed by atoms with Crippen LogP contribution in [0.1, 0.15) is 20.3 Å². The number of hydrogen-bond acceptors (Lipinski definition) is 2. The van der Waals surface area contributed by atoms with Crippen LogP contribution in [0.2, 0.25) is 0 Å². The summed E-state index contributed by atoms with van der Waals surface area (Å²) in [5, 5.41) is 0. The van der Waals surface area contributed by atoms with Gasteiger partial charge >= 0.3 is 5.97 Å². The molecule has 0 saturated carbocycles. The number of rotatable bonds is 1. The first-order valence-electron chi connectivity index (χ1n) is 4.08. The molecule has 0 atom stereocenters. The number of methoxy groups -OCH3 is 1. The smallest absolute Gasteiger partial charge is 0.316 e. The summed E-state index contributed by atoms with van der Waals surface area (Å²) in [6.07, 6.45) is 5.06. The Morgan fingerprint density at radius 2 is 1.92 bits per heavy atom. The average Bonchev–Trinajstić information content (AvgIpc) is 2.03. The molecule has 0 spiro atoms. The lowest BCUT2D eigenvalue weighted by molar-refractivity contribution is -0.142. The monoisotopic (exact) mass is 166 g/mol. The second-order valence-corrected chi connectivity index (χ2v) is 3.09. The van der Waals surface area contributed by atoms with Gasteiger partial charge in [-0.1, -0.05) is 23.3 Å². The molecule has 0 aromatic carbocycles. The summed E-state index contributed by atoms with van der Waals surface area (Å²) in [7, 11) is 1.43. The summed E-state index contributed by atoms with van der Waals surface area (Å²) in [5.74, 6) is -0.291. The Balaban J connectivity index is 2.85. The molecular formula is C10H14O2. The number of esters is 1. The Bertz CT molecular complexity index is 231. The normalized spacial score (nSPS) is 18.2. The van der Waals surface area contributed by atoms with Crippen LogP contribution < -0.4 is 0 Å². The van der Waals surface area contributed by atoms with E-state index in [-0.39, 0.29) is 11.9 Å². The van der Waals surface area contributed by atoms with Gasteiger partial charge in [0.25, 0.3) is 0 Å². The van der Waals surface area contributed by atoms with Crippen molar-refractivity contribution in [1.29, 1.82) is 0 Å².